The molecule has 0 aliphatic heterocycles. The molecule has 2 aromatic carbocycles. The summed E-state index contributed by atoms with van der Waals surface area (Å²) in [7, 11) is 1.73. The minimum Gasteiger partial charge on any atom is -0.489 e. The summed E-state index contributed by atoms with van der Waals surface area (Å²) in [5.41, 5.74) is 4.08. The largest absolute Gasteiger partial charge is 0.489 e. The van der Waals surface area contributed by atoms with Gasteiger partial charge >= 0.3 is 0 Å². The number of aromatic nitrogens is 1. The fraction of sp³-hybridized carbons (Fsp3) is 0.300. The number of nitrogens with zero attached hydrogens (tertiary/aromatic N) is 1. The van der Waals surface area contributed by atoms with Gasteiger partial charge in [0.2, 0.25) is 5.75 Å². The zero-order chi connectivity index (χ0) is 25.2. The summed E-state index contributed by atoms with van der Waals surface area (Å²) < 4.78 is 19.4. The van der Waals surface area contributed by atoms with Crippen LogP contribution in [0.3, 0.4) is 0 Å². The van der Waals surface area contributed by atoms with Crippen molar-refractivity contribution >= 4 is 10.9 Å². The van der Waals surface area contributed by atoms with Crippen LogP contribution in [0.1, 0.15) is 39.2 Å². The number of allylic oxidation sites excluding steroid dienone is 3. The number of aryl methyl sites for hydroxylation is 1. The number of fused-ring (bicyclic) bond motifs is 1. The molecule has 0 aliphatic rings. The van der Waals surface area contributed by atoms with Crippen molar-refractivity contribution < 1.29 is 14.2 Å². The molecule has 5 heteroatoms. The van der Waals surface area contributed by atoms with E-state index in [-0.39, 0.29) is 17.9 Å². The maximum Gasteiger partial charge on any atom is 0.297 e. The molecule has 0 fully saturated rings. The lowest BCUT2D eigenvalue weighted by molar-refractivity contribution is 0.303. The maximum absolute atomic E-state index is 13.2. The smallest absolute Gasteiger partial charge is 0.297 e. The Morgan fingerprint density at radius 1 is 0.943 bits per heavy atom. The highest BCUT2D eigenvalue weighted by Crippen LogP contribution is 2.34. The van der Waals surface area contributed by atoms with Crippen LogP contribution >= 0.6 is 0 Å². The molecule has 0 amide bonds. The van der Waals surface area contributed by atoms with Gasteiger partial charge in [0.1, 0.15) is 25.6 Å². The minimum atomic E-state index is -0.265. The van der Waals surface area contributed by atoms with Gasteiger partial charge in [0.05, 0.1) is 5.52 Å². The van der Waals surface area contributed by atoms with Gasteiger partial charge in [-0.25, -0.2) is 0 Å². The normalized spacial score (nSPS) is 11.3. The number of rotatable bonds is 12. The minimum absolute atomic E-state index is 0.188. The third-order valence-electron chi connectivity index (χ3n) is 5.62. The first-order valence-corrected chi connectivity index (χ1v) is 11.9. The fourth-order valence-corrected chi connectivity index (χ4v) is 3.66. The van der Waals surface area contributed by atoms with Gasteiger partial charge in [-0.15, -0.1) is 0 Å². The van der Waals surface area contributed by atoms with E-state index in [0.717, 1.165) is 23.8 Å². The SMILES string of the molecule is C=CCOc1c(OC/C=C(\C)CCC=C(C)C)c2ccc(OCc3ccccc3)cc2n(C)c1=O. The van der Waals surface area contributed by atoms with E-state index in [1.807, 2.05) is 48.5 Å². The topological polar surface area (TPSA) is 49.7 Å². The molecule has 1 heterocycles. The highest BCUT2D eigenvalue weighted by Gasteiger charge is 2.18. The summed E-state index contributed by atoms with van der Waals surface area (Å²) in [6.45, 7) is 11.0. The first-order chi connectivity index (χ1) is 16.9. The van der Waals surface area contributed by atoms with Crippen LogP contribution in [0.2, 0.25) is 0 Å². The van der Waals surface area contributed by atoms with E-state index in [9.17, 15) is 4.79 Å². The molecule has 0 aliphatic carbocycles. The highest BCUT2D eigenvalue weighted by atomic mass is 16.5. The van der Waals surface area contributed by atoms with Crippen LogP contribution in [0.15, 0.2) is 89.3 Å². The predicted molar refractivity (Wildman–Crippen MR) is 144 cm³/mol. The molecule has 0 unspecified atom stereocenters. The Morgan fingerprint density at radius 3 is 2.40 bits per heavy atom. The third-order valence-corrected chi connectivity index (χ3v) is 5.62. The quantitative estimate of drug-likeness (QED) is 0.273. The number of benzene rings is 2. The predicted octanol–water partition coefficient (Wildman–Crippen LogP) is 6.75. The summed E-state index contributed by atoms with van der Waals surface area (Å²) in [5, 5.41) is 0.786. The van der Waals surface area contributed by atoms with Crippen LogP contribution in [0, 0.1) is 0 Å². The second-order valence-corrected chi connectivity index (χ2v) is 8.76. The second-order valence-electron chi connectivity index (χ2n) is 8.76. The maximum atomic E-state index is 13.2. The first-order valence-electron chi connectivity index (χ1n) is 11.9. The zero-order valence-electron chi connectivity index (χ0n) is 21.2. The monoisotopic (exact) mass is 473 g/mol. The molecule has 184 valence electrons. The van der Waals surface area contributed by atoms with E-state index in [4.69, 9.17) is 14.2 Å². The van der Waals surface area contributed by atoms with Crippen molar-refractivity contribution in [2.24, 2.45) is 7.05 Å². The molecule has 3 rings (SSSR count). The van der Waals surface area contributed by atoms with Gasteiger partial charge in [-0.1, -0.05) is 60.2 Å². The molecule has 0 N–H and O–H groups in total. The molecule has 0 atom stereocenters. The van der Waals surface area contributed by atoms with Crippen molar-refractivity contribution in [3.05, 3.63) is 100 Å². The molecule has 0 saturated heterocycles. The summed E-state index contributed by atoms with van der Waals surface area (Å²) >= 11 is 0. The first kappa shape index (κ1) is 25.9. The van der Waals surface area contributed by atoms with Crippen LogP contribution in [-0.4, -0.2) is 17.8 Å². The molecular weight excluding hydrogens is 438 g/mol. The Labute approximate surface area is 208 Å². The lowest BCUT2D eigenvalue weighted by Gasteiger charge is -2.17. The van der Waals surface area contributed by atoms with E-state index in [1.165, 1.54) is 11.1 Å². The van der Waals surface area contributed by atoms with E-state index < -0.39 is 0 Å². The van der Waals surface area contributed by atoms with Gasteiger partial charge < -0.3 is 18.8 Å². The van der Waals surface area contributed by atoms with Crippen LogP contribution in [0.5, 0.6) is 17.2 Å². The van der Waals surface area contributed by atoms with Gasteiger partial charge in [-0.05, 0) is 57.4 Å². The lowest BCUT2D eigenvalue weighted by Crippen LogP contribution is -2.21. The summed E-state index contributed by atoms with van der Waals surface area (Å²) in [5.74, 6) is 1.30. The van der Waals surface area contributed by atoms with E-state index >= 15 is 0 Å². The Balaban J connectivity index is 1.89. The van der Waals surface area contributed by atoms with Crippen molar-refractivity contribution in [2.45, 2.75) is 40.2 Å². The average molecular weight is 474 g/mol. The van der Waals surface area contributed by atoms with Crippen molar-refractivity contribution in [2.75, 3.05) is 13.2 Å². The van der Waals surface area contributed by atoms with Gasteiger partial charge in [0.25, 0.3) is 5.56 Å². The van der Waals surface area contributed by atoms with E-state index in [1.54, 1.807) is 17.7 Å². The van der Waals surface area contributed by atoms with E-state index in [2.05, 4.69) is 39.5 Å². The molecule has 3 aromatic rings. The Hall–Kier alpha value is -3.73. The number of ether oxygens (including phenoxy) is 3. The molecule has 0 radical (unpaired) electrons. The average Bonchev–Trinajstić information content (AvgIpc) is 2.85. The summed E-state index contributed by atoms with van der Waals surface area (Å²) in [4.78, 5) is 13.2. The molecular formula is C30H35NO4. The van der Waals surface area contributed by atoms with Crippen LogP contribution in [-0.2, 0) is 13.7 Å². The number of pyridine rings is 1. The van der Waals surface area contributed by atoms with Gasteiger partial charge in [-0.2, -0.15) is 0 Å². The second kappa shape index (κ2) is 12.7. The molecule has 0 saturated carbocycles. The third kappa shape index (κ3) is 7.12. The van der Waals surface area contributed by atoms with Crippen molar-refractivity contribution in [1.82, 2.24) is 4.57 Å². The Kier molecular flexibility index (Phi) is 9.36. The van der Waals surface area contributed by atoms with Crippen LogP contribution in [0.4, 0.5) is 0 Å². The van der Waals surface area contributed by atoms with Gasteiger partial charge in [0, 0.05) is 18.5 Å². The molecule has 1 aromatic heterocycles. The fourth-order valence-electron chi connectivity index (χ4n) is 3.66. The van der Waals surface area contributed by atoms with Crippen molar-refractivity contribution in [3.8, 4) is 17.2 Å². The number of hydrogen-bond acceptors (Lipinski definition) is 4. The van der Waals surface area contributed by atoms with Crippen molar-refractivity contribution in [3.63, 3.8) is 0 Å². The number of hydrogen-bond donors (Lipinski definition) is 0. The van der Waals surface area contributed by atoms with Gasteiger partial charge in [0.15, 0.2) is 5.75 Å². The van der Waals surface area contributed by atoms with Crippen LogP contribution in [0.25, 0.3) is 10.9 Å². The van der Waals surface area contributed by atoms with Crippen LogP contribution < -0.4 is 19.8 Å². The molecule has 5 nitrogen and oxygen atoms in total. The van der Waals surface area contributed by atoms with E-state index in [0.29, 0.717) is 30.2 Å². The highest BCUT2D eigenvalue weighted by molar-refractivity contribution is 5.89. The molecule has 0 bridgehead atoms. The molecule has 0 spiro atoms. The molecule has 35 heavy (non-hydrogen) atoms. The van der Waals surface area contributed by atoms with Crippen molar-refractivity contribution in [1.29, 1.82) is 0 Å². The Morgan fingerprint density at radius 2 is 1.69 bits per heavy atom. The summed E-state index contributed by atoms with van der Waals surface area (Å²) in [6, 6.07) is 15.6. The zero-order valence-corrected chi connectivity index (χ0v) is 21.2. The standard InChI is InChI=1S/C30H35NO4/c1-6-18-33-29-28(34-19-17-23(4)12-10-11-22(2)3)26-16-15-25(20-27(26)31(5)30(29)32)35-21-24-13-8-7-9-14-24/h6-9,11,13-17,20H,1,10,12,18-19,21H2,2-5H3/b23-17+. The summed E-state index contributed by atoms with van der Waals surface area (Å²) in [6.07, 6.45) is 7.86. The van der Waals surface area contributed by atoms with Gasteiger partial charge in [-0.3, -0.25) is 4.79 Å². The Bertz CT molecular complexity index is 1260. The lowest BCUT2D eigenvalue weighted by atomic mass is 10.1.